The summed E-state index contributed by atoms with van der Waals surface area (Å²) in [6, 6.07) is 16.0. The SMILES string of the molecule is C=CCn1c(SCc2csc(COc3ccc(F)cc3)n2)nnc1-c1ccccc1. The van der Waals surface area contributed by atoms with Gasteiger partial charge >= 0.3 is 0 Å². The minimum Gasteiger partial charge on any atom is -0.486 e. The van der Waals surface area contributed by atoms with E-state index in [2.05, 4.69) is 26.3 Å². The van der Waals surface area contributed by atoms with Crippen molar-refractivity contribution in [1.82, 2.24) is 19.7 Å². The number of aromatic nitrogens is 4. The Bertz CT molecular complexity index is 1110. The second kappa shape index (κ2) is 9.69. The summed E-state index contributed by atoms with van der Waals surface area (Å²) in [6.45, 7) is 4.84. The highest BCUT2D eigenvalue weighted by Gasteiger charge is 2.14. The van der Waals surface area contributed by atoms with Crippen LogP contribution in [0.1, 0.15) is 10.7 Å². The summed E-state index contributed by atoms with van der Waals surface area (Å²) in [4.78, 5) is 4.62. The van der Waals surface area contributed by atoms with Crippen LogP contribution in [0.5, 0.6) is 5.75 Å². The summed E-state index contributed by atoms with van der Waals surface area (Å²) in [5.41, 5.74) is 1.98. The maximum absolute atomic E-state index is 13.0. The molecular weight excluding hydrogens is 419 g/mol. The Morgan fingerprint density at radius 1 is 1.10 bits per heavy atom. The molecule has 0 atom stereocenters. The van der Waals surface area contributed by atoms with E-state index < -0.39 is 0 Å². The van der Waals surface area contributed by atoms with E-state index in [0.29, 0.717) is 24.7 Å². The molecule has 4 rings (SSSR count). The molecule has 0 unspecified atom stereocenters. The molecule has 2 aromatic carbocycles. The Labute approximate surface area is 182 Å². The van der Waals surface area contributed by atoms with E-state index in [4.69, 9.17) is 4.74 Å². The molecule has 2 aromatic heterocycles. The zero-order valence-electron chi connectivity index (χ0n) is 16.1. The zero-order valence-corrected chi connectivity index (χ0v) is 17.7. The Balaban J connectivity index is 1.39. The Morgan fingerprint density at radius 2 is 1.90 bits per heavy atom. The van der Waals surface area contributed by atoms with Gasteiger partial charge in [0, 0.05) is 23.2 Å². The fourth-order valence-corrected chi connectivity index (χ4v) is 4.44. The molecule has 2 heterocycles. The van der Waals surface area contributed by atoms with Gasteiger partial charge in [-0.3, -0.25) is 4.57 Å². The zero-order chi connectivity index (χ0) is 20.8. The van der Waals surface area contributed by atoms with Gasteiger partial charge in [0.25, 0.3) is 0 Å². The van der Waals surface area contributed by atoms with Gasteiger partial charge in [-0.15, -0.1) is 28.1 Å². The highest BCUT2D eigenvalue weighted by Crippen LogP contribution is 2.27. The van der Waals surface area contributed by atoms with Crippen molar-refractivity contribution >= 4 is 23.1 Å². The van der Waals surface area contributed by atoms with Crippen molar-refractivity contribution in [2.24, 2.45) is 0 Å². The van der Waals surface area contributed by atoms with Crippen molar-refractivity contribution in [3.05, 3.63) is 89.2 Å². The fourth-order valence-electron chi connectivity index (χ4n) is 2.79. The molecule has 0 saturated carbocycles. The van der Waals surface area contributed by atoms with E-state index in [1.54, 1.807) is 35.2 Å². The molecular formula is C22H19FN4OS2. The van der Waals surface area contributed by atoms with Crippen LogP contribution in [0.25, 0.3) is 11.4 Å². The molecule has 4 aromatic rings. The van der Waals surface area contributed by atoms with Crippen LogP contribution in [0.3, 0.4) is 0 Å². The first-order valence-electron chi connectivity index (χ1n) is 9.27. The van der Waals surface area contributed by atoms with Crippen LogP contribution >= 0.6 is 23.1 Å². The molecule has 0 aliphatic heterocycles. The number of ether oxygens (including phenoxy) is 1. The molecule has 8 heteroatoms. The van der Waals surface area contributed by atoms with E-state index >= 15 is 0 Å². The van der Waals surface area contributed by atoms with Gasteiger partial charge < -0.3 is 4.74 Å². The predicted molar refractivity (Wildman–Crippen MR) is 118 cm³/mol. The van der Waals surface area contributed by atoms with Gasteiger partial charge in [-0.25, -0.2) is 9.37 Å². The Hall–Kier alpha value is -2.97. The van der Waals surface area contributed by atoms with E-state index in [0.717, 1.165) is 27.2 Å². The third kappa shape index (κ3) is 4.95. The second-order valence-corrected chi connectivity index (χ2v) is 8.22. The van der Waals surface area contributed by atoms with Crippen molar-refractivity contribution in [3.8, 4) is 17.1 Å². The molecule has 0 radical (unpaired) electrons. The molecule has 0 amide bonds. The number of benzene rings is 2. The Morgan fingerprint density at radius 3 is 2.67 bits per heavy atom. The lowest BCUT2D eigenvalue weighted by Gasteiger charge is -2.07. The highest BCUT2D eigenvalue weighted by atomic mass is 32.2. The average Bonchev–Trinajstić information content (AvgIpc) is 3.40. The van der Waals surface area contributed by atoms with E-state index in [1.807, 2.05) is 41.8 Å². The summed E-state index contributed by atoms with van der Waals surface area (Å²) in [7, 11) is 0. The summed E-state index contributed by atoms with van der Waals surface area (Å²) < 4.78 is 20.7. The quantitative estimate of drug-likeness (QED) is 0.252. The summed E-state index contributed by atoms with van der Waals surface area (Å²) >= 11 is 3.13. The van der Waals surface area contributed by atoms with Gasteiger partial charge in [0.05, 0.1) is 5.69 Å². The molecule has 5 nitrogen and oxygen atoms in total. The average molecular weight is 439 g/mol. The molecule has 0 saturated heterocycles. The van der Waals surface area contributed by atoms with Crippen LogP contribution in [0, 0.1) is 5.82 Å². The van der Waals surface area contributed by atoms with Crippen LogP contribution in [0.15, 0.2) is 77.8 Å². The first kappa shape index (κ1) is 20.3. The number of nitrogens with zero attached hydrogens (tertiary/aromatic N) is 4. The maximum Gasteiger partial charge on any atom is 0.192 e. The van der Waals surface area contributed by atoms with Gasteiger partial charge in [0.1, 0.15) is 23.2 Å². The van der Waals surface area contributed by atoms with Gasteiger partial charge in [-0.05, 0) is 24.3 Å². The van der Waals surface area contributed by atoms with Gasteiger partial charge in [-0.2, -0.15) is 0 Å². The molecule has 0 N–H and O–H groups in total. The van der Waals surface area contributed by atoms with Crippen LogP contribution in [-0.4, -0.2) is 19.7 Å². The molecule has 0 aliphatic carbocycles. The lowest BCUT2D eigenvalue weighted by atomic mass is 10.2. The molecule has 0 spiro atoms. The molecule has 0 bridgehead atoms. The minimum atomic E-state index is -0.282. The first-order valence-corrected chi connectivity index (χ1v) is 11.1. The smallest absolute Gasteiger partial charge is 0.192 e. The van der Waals surface area contributed by atoms with Gasteiger partial charge in [-0.1, -0.05) is 48.2 Å². The summed E-state index contributed by atoms with van der Waals surface area (Å²) in [5, 5.41) is 12.4. The number of allylic oxidation sites excluding steroid dienone is 1. The van der Waals surface area contributed by atoms with Crippen molar-refractivity contribution in [2.45, 2.75) is 24.1 Å². The van der Waals surface area contributed by atoms with Crippen LogP contribution in [0.2, 0.25) is 0 Å². The van der Waals surface area contributed by atoms with Crippen LogP contribution in [0.4, 0.5) is 4.39 Å². The molecule has 0 aliphatic rings. The summed E-state index contributed by atoms with van der Waals surface area (Å²) in [6.07, 6.45) is 1.84. The monoisotopic (exact) mass is 438 g/mol. The standard InChI is InChI=1S/C22H19FN4OS2/c1-2-12-27-21(16-6-4-3-5-7-16)25-26-22(27)30-15-18-14-29-20(24-18)13-28-19-10-8-17(23)9-11-19/h2-11,14H,1,12-13,15H2. The second-order valence-electron chi connectivity index (χ2n) is 6.34. The number of rotatable bonds is 9. The predicted octanol–water partition coefficient (Wildman–Crippen LogP) is 5.60. The van der Waals surface area contributed by atoms with E-state index in [9.17, 15) is 4.39 Å². The van der Waals surface area contributed by atoms with E-state index in [-0.39, 0.29) is 5.82 Å². The molecule has 30 heavy (non-hydrogen) atoms. The van der Waals surface area contributed by atoms with Crippen molar-refractivity contribution in [3.63, 3.8) is 0 Å². The van der Waals surface area contributed by atoms with Gasteiger partial charge in [0.15, 0.2) is 11.0 Å². The number of halogens is 1. The number of thiazole rings is 1. The van der Waals surface area contributed by atoms with Gasteiger partial charge in [0.2, 0.25) is 0 Å². The van der Waals surface area contributed by atoms with Crippen molar-refractivity contribution in [2.75, 3.05) is 0 Å². The molecule has 152 valence electrons. The first-order chi connectivity index (χ1) is 14.7. The summed E-state index contributed by atoms with van der Waals surface area (Å²) in [5.74, 6) is 1.84. The van der Waals surface area contributed by atoms with E-state index in [1.165, 1.54) is 12.1 Å². The normalized spacial score (nSPS) is 10.8. The number of hydrogen-bond acceptors (Lipinski definition) is 6. The van der Waals surface area contributed by atoms with Crippen LogP contribution < -0.4 is 4.74 Å². The topological polar surface area (TPSA) is 52.8 Å². The van der Waals surface area contributed by atoms with Crippen LogP contribution in [-0.2, 0) is 18.9 Å². The van der Waals surface area contributed by atoms with Crippen molar-refractivity contribution in [1.29, 1.82) is 0 Å². The lowest BCUT2D eigenvalue weighted by molar-refractivity contribution is 0.305. The third-order valence-electron chi connectivity index (χ3n) is 4.18. The fraction of sp³-hybridized carbons (Fsp3) is 0.136. The maximum atomic E-state index is 13.0. The largest absolute Gasteiger partial charge is 0.486 e. The number of hydrogen-bond donors (Lipinski definition) is 0. The van der Waals surface area contributed by atoms with Crippen molar-refractivity contribution < 1.29 is 9.13 Å². The molecule has 0 fully saturated rings. The highest BCUT2D eigenvalue weighted by molar-refractivity contribution is 7.98. The Kier molecular flexibility index (Phi) is 6.56. The minimum absolute atomic E-state index is 0.282. The number of thioether (sulfide) groups is 1. The third-order valence-corrected chi connectivity index (χ3v) is 6.06. The lowest BCUT2D eigenvalue weighted by Crippen LogP contribution is -2.00.